The molecule has 1 saturated heterocycles. The summed E-state index contributed by atoms with van der Waals surface area (Å²) in [5.41, 5.74) is -0.792. The number of amides is 2. The Morgan fingerprint density at radius 2 is 2.00 bits per heavy atom. The second kappa shape index (κ2) is 4.32. The highest BCUT2D eigenvalue weighted by atomic mass is 16.4. The molecule has 1 saturated carbocycles. The lowest BCUT2D eigenvalue weighted by atomic mass is 9.62. The molecule has 2 atom stereocenters. The van der Waals surface area contributed by atoms with Gasteiger partial charge < -0.3 is 5.11 Å². The first-order valence-corrected chi connectivity index (χ1v) is 6.79. The SMILES string of the molecule is CC12CCC(C(=O)N(CCCC(=O)O)C1=O)C2(C)C. The lowest BCUT2D eigenvalue weighted by molar-refractivity contribution is -0.168. The van der Waals surface area contributed by atoms with Crippen molar-refractivity contribution in [3.63, 3.8) is 0 Å². The van der Waals surface area contributed by atoms with Gasteiger partial charge in [0.1, 0.15) is 0 Å². The third-order valence-electron chi connectivity index (χ3n) is 5.28. The van der Waals surface area contributed by atoms with Crippen molar-refractivity contribution in [2.24, 2.45) is 16.7 Å². The number of aliphatic carboxylic acids is 1. The number of imide groups is 1. The maximum absolute atomic E-state index is 12.6. The van der Waals surface area contributed by atoms with Crippen molar-refractivity contribution in [1.82, 2.24) is 4.90 Å². The number of piperidine rings is 1. The minimum absolute atomic E-state index is 0.0121. The summed E-state index contributed by atoms with van der Waals surface area (Å²) in [6.45, 7) is 6.15. The summed E-state index contributed by atoms with van der Waals surface area (Å²) in [6.07, 6.45) is 1.81. The monoisotopic (exact) mass is 267 g/mol. The molecule has 0 aromatic carbocycles. The molecular formula is C14H21NO4. The molecule has 19 heavy (non-hydrogen) atoms. The molecule has 2 amide bonds. The molecular weight excluding hydrogens is 246 g/mol. The number of carboxylic acids is 1. The van der Waals surface area contributed by atoms with Crippen LogP contribution in [0.25, 0.3) is 0 Å². The molecule has 2 aliphatic rings. The molecule has 2 rings (SSSR count). The third kappa shape index (κ3) is 1.86. The van der Waals surface area contributed by atoms with Gasteiger partial charge in [0.15, 0.2) is 0 Å². The van der Waals surface area contributed by atoms with Crippen LogP contribution in [-0.2, 0) is 14.4 Å². The zero-order valence-corrected chi connectivity index (χ0v) is 11.7. The summed E-state index contributed by atoms with van der Waals surface area (Å²) in [5.74, 6) is -1.25. The minimum Gasteiger partial charge on any atom is -0.481 e. The van der Waals surface area contributed by atoms with E-state index in [1.54, 1.807) is 0 Å². The number of carbonyl (C=O) groups excluding carboxylic acids is 2. The highest BCUT2D eigenvalue weighted by Crippen LogP contribution is 2.59. The Morgan fingerprint density at radius 3 is 2.58 bits per heavy atom. The molecule has 2 unspecified atom stereocenters. The largest absolute Gasteiger partial charge is 0.481 e. The normalized spacial score (nSPS) is 32.8. The Balaban J connectivity index is 2.18. The van der Waals surface area contributed by atoms with Crippen molar-refractivity contribution in [3.05, 3.63) is 0 Å². The van der Waals surface area contributed by atoms with Gasteiger partial charge in [-0.25, -0.2) is 0 Å². The Hall–Kier alpha value is -1.39. The number of hydrogen-bond acceptors (Lipinski definition) is 3. The number of likely N-dealkylation sites (tertiary alicyclic amines) is 1. The first kappa shape index (κ1) is 14.0. The van der Waals surface area contributed by atoms with E-state index in [9.17, 15) is 14.4 Å². The average Bonchev–Trinajstić information content (AvgIpc) is 2.49. The Labute approximate surface area is 113 Å². The quantitative estimate of drug-likeness (QED) is 0.786. The molecule has 0 aromatic rings. The van der Waals surface area contributed by atoms with Gasteiger partial charge in [-0.2, -0.15) is 0 Å². The van der Waals surface area contributed by atoms with Crippen LogP contribution in [0.1, 0.15) is 46.5 Å². The molecule has 0 aromatic heterocycles. The standard InChI is InChI=1S/C14H21NO4/c1-13(2)9-6-7-14(13,3)12(19)15(11(9)18)8-4-5-10(16)17/h9H,4-8H2,1-3H3,(H,16,17). The predicted octanol–water partition coefficient (Wildman–Crippen LogP) is 1.66. The van der Waals surface area contributed by atoms with E-state index in [1.165, 1.54) is 4.90 Å². The van der Waals surface area contributed by atoms with Crippen LogP contribution < -0.4 is 0 Å². The molecule has 5 heteroatoms. The lowest BCUT2D eigenvalue weighted by Gasteiger charge is -2.47. The van der Waals surface area contributed by atoms with Crippen LogP contribution in [0, 0.1) is 16.7 Å². The predicted molar refractivity (Wildman–Crippen MR) is 68.2 cm³/mol. The number of nitrogens with zero attached hydrogens (tertiary/aromatic N) is 1. The van der Waals surface area contributed by atoms with Gasteiger partial charge >= 0.3 is 5.97 Å². The average molecular weight is 267 g/mol. The molecule has 2 fully saturated rings. The van der Waals surface area contributed by atoms with Gasteiger partial charge in [0.05, 0.1) is 5.41 Å². The van der Waals surface area contributed by atoms with E-state index in [0.29, 0.717) is 6.42 Å². The molecule has 5 nitrogen and oxygen atoms in total. The fourth-order valence-electron chi connectivity index (χ4n) is 3.50. The molecule has 0 spiro atoms. The summed E-state index contributed by atoms with van der Waals surface area (Å²) < 4.78 is 0. The number of rotatable bonds is 4. The van der Waals surface area contributed by atoms with E-state index in [-0.39, 0.29) is 36.1 Å². The van der Waals surface area contributed by atoms with E-state index in [4.69, 9.17) is 5.11 Å². The zero-order valence-electron chi connectivity index (χ0n) is 11.7. The Morgan fingerprint density at radius 1 is 1.37 bits per heavy atom. The van der Waals surface area contributed by atoms with Gasteiger partial charge in [-0.1, -0.05) is 20.8 Å². The fourth-order valence-corrected chi connectivity index (χ4v) is 3.50. The third-order valence-corrected chi connectivity index (χ3v) is 5.28. The van der Waals surface area contributed by atoms with E-state index in [1.807, 2.05) is 20.8 Å². The van der Waals surface area contributed by atoms with Crippen molar-refractivity contribution in [1.29, 1.82) is 0 Å². The summed E-state index contributed by atoms with van der Waals surface area (Å²) in [4.78, 5) is 36.8. The second-order valence-electron chi connectivity index (χ2n) is 6.44. The summed E-state index contributed by atoms with van der Waals surface area (Å²) in [5, 5.41) is 8.64. The van der Waals surface area contributed by atoms with Crippen molar-refractivity contribution >= 4 is 17.8 Å². The van der Waals surface area contributed by atoms with Gasteiger partial charge in [0.25, 0.3) is 0 Å². The second-order valence-corrected chi connectivity index (χ2v) is 6.44. The molecule has 1 aliphatic carbocycles. The maximum Gasteiger partial charge on any atom is 0.303 e. The van der Waals surface area contributed by atoms with Crippen LogP contribution in [0.2, 0.25) is 0 Å². The van der Waals surface area contributed by atoms with Gasteiger partial charge in [-0.3, -0.25) is 19.3 Å². The van der Waals surface area contributed by atoms with Crippen LogP contribution in [0.5, 0.6) is 0 Å². The van der Waals surface area contributed by atoms with Crippen molar-refractivity contribution in [2.45, 2.75) is 46.5 Å². The van der Waals surface area contributed by atoms with Crippen LogP contribution in [0.4, 0.5) is 0 Å². The number of fused-ring (bicyclic) bond motifs is 2. The van der Waals surface area contributed by atoms with Crippen LogP contribution in [-0.4, -0.2) is 34.3 Å². The van der Waals surface area contributed by atoms with Gasteiger partial charge in [0.2, 0.25) is 11.8 Å². The highest BCUT2D eigenvalue weighted by Gasteiger charge is 2.64. The number of hydrogen-bond donors (Lipinski definition) is 1. The lowest BCUT2D eigenvalue weighted by Crippen LogP contribution is -2.59. The maximum atomic E-state index is 12.6. The number of carbonyl (C=O) groups is 3. The first-order valence-electron chi connectivity index (χ1n) is 6.79. The van der Waals surface area contributed by atoms with E-state index < -0.39 is 11.4 Å². The van der Waals surface area contributed by atoms with Crippen LogP contribution >= 0.6 is 0 Å². The first-order chi connectivity index (χ1) is 8.72. The molecule has 1 aliphatic heterocycles. The molecule has 1 heterocycles. The molecule has 0 radical (unpaired) electrons. The van der Waals surface area contributed by atoms with Crippen LogP contribution in [0.3, 0.4) is 0 Å². The van der Waals surface area contributed by atoms with Crippen LogP contribution in [0.15, 0.2) is 0 Å². The highest BCUT2D eigenvalue weighted by molar-refractivity contribution is 6.03. The zero-order chi connectivity index (χ0) is 14.4. The van der Waals surface area contributed by atoms with Gasteiger partial charge in [-0.15, -0.1) is 0 Å². The van der Waals surface area contributed by atoms with E-state index >= 15 is 0 Å². The summed E-state index contributed by atoms with van der Waals surface area (Å²) in [7, 11) is 0. The Bertz CT molecular complexity index is 443. The minimum atomic E-state index is -0.897. The summed E-state index contributed by atoms with van der Waals surface area (Å²) >= 11 is 0. The van der Waals surface area contributed by atoms with Crippen molar-refractivity contribution < 1.29 is 19.5 Å². The van der Waals surface area contributed by atoms with Crippen molar-refractivity contribution in [2.75, 3.05) is 6.54 Å². The Kier molecular flexibility index (Phi) is 3.19. The van der Waals surface area contributed by atoms with E-state index in [0.717, 1.165) is 12.8 Å². The molecule has 106 valence electrons. The van der Waals surface area contributed by atoms with E-state index in [2.05, 4.69) is 0 Å². The summed E-state index contributed by atoms with van der Waals surface area (Å²) in [6, 6.07) is 0. The smallest absolute Gasteiger partial charge is 0.303 e. The van der Waals surface area contributed by atoms with Gasteiger partial charge in [-0.05, 0) is 24.7 Å². The molecule has 2 bridgehead atoms. The van der Waals surface area contributed by atoms with Crippen molar-refractivity contribution in [3.8, 4) is 0 Å². The number of carboxylic acid groups (broad SMARTS) is 1. The molecule has 1 N–H and O–H groups in total. The topological polar surface area (TPSA) is 74.7 Å². The fraction of sp³-hybridized carbons (Fsp3) is 0.786. The van der Waals surface area contributed by atoms with Gasteiger partial charge in [0, 0.05) is 18.9 Å².